The molecule has 1 rings (SSSR count). The van der Waals surface area contributed by atoms with Gasteiger partial charge in [-0.1, -0.05) is 19.3 Å². The third-order valence-corrected chi connectivity index (χ3v) is 2.25. The number of esters is 1. The molecular formula is C8H12F2O2. The lowest BCUT2D eigenvalue weighted by molar-refractivity contribution is -0.172. The van der Waals surface area contributed by atoms with Crippen LogP contribution in [0.4, 0.5) is 8.78 Å². The van der Waals surface area contributed by atoms with Crippen molar-refractivity contribution >= 4 is 5.97 Å². The van der Waals surface area contributed by atoms with Gasteiger partial charge in [0.25, 0.3) is 0 Å². The third kappa shape index (κ3) is 1.93. The lowest BCUT2D eigenvalue weighted by atomic mass is 9.81. The van der Waals surface area contributed by atoms with Crippen LogP contribution < -0.4 is 0 Å². The van der Waals surface area contributed by atoms with Gasteiger partial charge in [-0.15, -0.1) is 0 Å². The average molecular weight is 178 g/mol. The Labute approximate surface area is 69.9 Å². The van der Waals surface area contributed by atoms with Gasteiger partial charge in [-0.3, -0.25) is 0 Å². The Kier molecular flexibility index (Phi) is 2.65. The van der Waals surface area contributed by atoms with E-state index in [-0.39, 0.29) is 12.3 Å². The zero-order valence-corrected chi connectivity index (χ0v) is 6.98. The molecule has 0 spiro atoms. The van der Waals surface area contributed by atoms with Gasteiger partial charge >= 0.3 is 11.9 Å². The highest BCUT2D eigenvalue weighted by Crippen LogP contribution is 2.36. The Morgan fingerprint density at radius 1 is 1.58 bits per heavy atom. The summed E-state index contributed by atoms with van der Waals surface area (Å²) >= 11 is 0. The second-order valence-electron chi connectivity index (χ2n) is 3.20. The van der Waals surface area contributed by atoms with E-state index in [1.54, 1.807) is 0 Å². The summed E-state index contributed by atoms with van der Waals surface area (Å²) in [5.74, 6) is -4.67. The smallest absolute Gasteiger partial charge is 0.376 e. The molecule has 0 aliphatic heterocycles. The van der Waals surface area contributed by atoms with E-state index in [9.17, 15) is 13.6 Å². The topological polar surface area (TPSA) is 26.3 Å². The van der Waals surface area contributed by atoms with Crippen molar-refractivity contribution in [1.82, 2.24) is 0 Å². The van der Waals surface area contributed by atoms with E-state index in [2.05, 4.69) is 4.74 Å². The number of carbonyl (C=O) groups is 1. The van der Waals surface area contributed by atoms with Crippen molar-refractivity contribution in [2.45, 2.75) is 31.6 Å². The van der Waals surface area contributed by atoms with E-state index < -0.39 is 11.9 Å². The maximum absolute atomic E-state index is 12.8. The minimum Gasteiger partial charge on any atom is -0.465 e. The molecule has 0 bridgehead atoms. The second-order valence-corrected chi connectivity index (χ2v) is 3.20. The van der Waals surface area contributed by atoms with Crippen molar-refractivity contribution in [3.05, 3.63) is 0 Å². The first-order valence-electron chi connectivity index (χ1n) is 4.02. The van der Waals surface area contributed by atoms with E-state index >= 15 is 0 Å². The van der Waals surface area contributed by atoms with Crippen LogP contribution in [0.25, 0.3) is 0 Å². The fourth-order valence-electron chi connectivity index (χ4n) is 1.29. The van der Waals surface area contributed by atoms with E-state index in [4.69, 9.17) is 0 Å². The Hall–Kier alpha value is -0.670. The highest BCUT2D eigenvalue weighted by Gasteiger charge is 2.43. The molecule has 0 unspecified atom stereocenters. The van der Waals surface area contributed by atoms with Crippen LogP contribution >= 0.6 is 0 Å². The van der Waals surface area contributed by atoms with Crippen LogP contribution in [0, 0.1) is 5.92 Å². The molecule has 1 aliphatic carbocycles. The second kappa shape index (κ2) is 3.37. The van der Waals surface area contributed by atoms with Gasteiger partial charge in [0.1, 0.15) is 0 Å². The average Bonchev–Trinajstić information content (AvgIpc) is 1.95. The van der Waals surface area contributed by atoms with Crippen LogP contribution in [0.2, 0.25) is 0 Å². The van der Waals surface area contributed by atoms with Gasteiger partial charge in [0.15, 0.2) is 0 Å². The minimum atomic E-state index is -3.28. The predicted molar refractivity (Wildman–Crippen MR) is 38.9 cm³/mol. The van der Waals surface area contributed by atoms with Crippen molar-refractivity contribution in [3.8, 4) is 0 Å². The van der Waals surface area contributed by atoms with Crippen molar-refractivity contribution in [2.24, 2.45) is 5.92 Å². The molecule has 2 nitrogen and oxygen atoms in total. The molecule has 4 heteroatoms. The molecule has 0 atom stereocenters. The number of hydrogen-bond donors (Lipinski definition) is 0. The molecule has 0 saturated heterocycles. The van der Waals surface area contributed by atoms with Crippen LogP contribution in [0.3, 0.4) is 0 Å². The number of ether oxygens (including phenoxy) is 1. The summed E-state index contributed by atoms with van der Waals surface area (Å²) in [5.41, 5.74) is 0. The first-order chi connectivity index (χ1) is 5.56. The highest BCUT2D eigenvalue weighted by atomic mass is 19.3. The number of rotatable bonds is 3. The highest BCUT2D eigenvalue weighted by molar-refractivity contribution is 5.77. The van der Waals surface area contributed by atoms with Gasteiger partial charge < -0.3 is 4.74 Å². The van der Waals surface area contributed by atoms with Gasteiger partial charge in [-0.25, -0.2) is 4.79 Å². The summed E-state index contributed by atoms with van der Waals surface area (Å²) in [7, 11) is 0.983. The zero-order valence-electron chi connectivity index (χ0n) is 6.98. The molecule has 70 valence electrons. The molecule has 0 N–H and O–H groups in total. The molecular weight excluding hydrogens is 166 g/mol. The van der Waals surface area contributed by atoms with Crippen molar-refractivity contribution in [2.75, 3.05) is 7.11 Å². The largest absolute Gasteiger partial charge is 0.465 e. The number of alkyl halides is 2. The van der Waals surface area contributed by atoms with Gasteiger partial charge in [0, 0.05) is 6.42 Å². The lowest BCUT2D eigenvalue weighted by Crippen LogP contribution is -2.34. The monoisotopic (exact) mass is 178 g/mol. The van der Waals surface area contributed by atoms with Crippen LogP contribution in [0.1, 0.15) is 25.7 Å². The van der Waals surface area contributed by atoms with Crippen molar-refractivity contribution in [3.63, 3.8) is 0 Å². The molecule has 0 aromatic carbocycles. The SMILES string of the molecule is COC(=O)C(F)(F)CC1CCC1. The van der Waals surface area contributed by atoms with E-state index in [1.165, 1.54) is 0 Å². The molecule has 0 heterocycles. The van der Waals surface area contributed by atoms with E-state index in [0.29, 0.717) is 0 Å². The Balaban J connectivity index is 2.40. The maximum Gasteiger partial charge on any atom is 0.376 e. The Morgan fingerprint density at radius 3 is 2.50 bits per heavy atom. The lowest BCUT2D eigenvalue weighted by Gasteiger charge is -2.27. The third-order valence-electron chi connectivity index (χ3n) is 2.25. The summed E-state index contributed by atoms with van der Waals surface area (Å²) in [6.07, 6.45) is 2.28. The molecule has 0 amide bonds. The van der Waals surface area contributed by atoms with Gasteiger partial charge in [0.05, 0.1) is 7.11 Å². The first-order valence-corrected chi connectivity index (χ1v) is 4.02. The summed E-state index contributed by atoms with van der Waals surface area (Å²) in [4.78, 5) is 10.5. The molecule has 0 aromatic rings. The number of hydrogen-bond acceptors (Lipinski definition) is 2. The molecule has 0 radical (unpaired) electrons. The van der Waals surface area contributed by atoms with Crippen LogP contribution in [-0.2, 0) is 9.53 Å². The summed E-state index contributed by atoms with van der Waals surface area (Å²) in [6.45, 7) is 0. The molecule has 0 aromatic heterocycles. The fourth-order valence-corrected chi connectivity index (χ4v) is 1.29. The summed E-state index contributed by atoms with van der Waals surface area (Å²) in [5, 5.41) is 0. The maximum atomic E-state index is 12.8. The number of carbonyl (C=O) groups excluding carboxylic acids is 1. The van der Waals surface area contributed by atoms with Crippen molar-refractivity contribution in [1.29, 1.82) is 0 Å². The fraction of sp³-hybridized carbons (Fsp3) is 0.875. The Bertz CT molecular complexity index is 176. The van der Waals surface area contributed by atoms with Crippen LogP contribution in [0.5, 0.6) is 0 Å². The summed E-state index contributed by atoms with van der Waals surface area (Å²) < 4.78 is 29.6. The standard InChI is InChI=1S/C8H12F2O2/c1-12-7(11)8(9,10)5-6-3-2-4-6/h6H,2-5H2,1H3. The van der Waals surface area contributed by atoms with Gasteiger partial charge in [-0.05, 0) is 5.92 Å². The van der Waals surface area contributed by atoms with E-state index in [1.807, 2.05) is 0 Å². The number of methoxy groups -OCH3 is 1. The quantitative estimate of drug-likeness (QED) is 0.618. The predicted octanol–water partition coefficient (Wildman–Crippen LogP) is 1.98. The normalized spacial score (nSPS) is 18.6. The Morgan fingerprint density at radius 2 is 2.17 bits per heavy atom. The van der Waals surface area contributed by atoms with Crippen LogP contribution in [-0.4, -0.2) is 19.0 Å². The van der Waals surface area contributed by atoms with E-state index in [0.717, 1.165) is 26.4 Å². The molecule has 1 aliphatic rings. The molecule has 12 heavy (non-hydrogen) atoms. The minimum absolute atomic E-state index is 0.0131. The van der Waals surface area contributed by atoms with Gasteiger partial charge in [0.2, 0.25) is 0 Å². The summed E-state index contributed by atoms with van der Waals surface area (Å²) in [6, 6.07) is 0. The zero-order chi connectivity index (χ0) is 9.19. The molecule has 1 fully saturated rings. The number of halogens is 2. The van der Waals surface area contributed by atoms with Crippen LogP contribution in [0.15, 0.2) is 0 Å². The van der Waals surface area contributed by atoms with Gasteiger partial charge in [-0.2, -0.15) is 8.78 Å². The molecule has 1 saturated carbocycles. The van der Waals surface area contributed by atoms with Crippen molar-refractivity contribution < 1.29 is 18.3 Å². The first kappa shape index (κ1) is 9.42.